The molecular formula is C16H20ClN3. The fraction of sp³-hybridized carbons (Fsp3) is 0.438. The second-order valence-corrected chi connectivity index (χ2v) is 5.86. The highest BCUT2D eigenvalue weighted by molar-refractivity contribution is 6.32. The van der Waals surface area contributed by atoms with E-state index in [1.165, 1.54) is 18.4 Å². The Labute approximate surface area is 124 Å². The van der Waals surface area contributed by atoms with Crippen molar-refractivity contribution in [3.05, 3.63) is 34.3 Å². The molecule has 1 aliphatic rings. The minimum atomic E-state index is 0.653. The molecule has 0 amide bonds. The minimum Gasteiger partial charge on any atom is -0.356 e. The lowest BCUT2D eigenvalue weighted by molar-refractivity contribution is 0.897. The van der Waals surface area contributed by atoms with Gasteiger partial charge in [0.05, 0.1) is 5.52 Å². The van der Waals surface area contributed by atoms with Crippen LogP contribution >= 0.6 is 11.6 Å². The number of aryl methyl sites for hydroxylation is 1. The molecular weight excluding hydrogens is 270 g/mol. The number of hydrogen-bond donors (Lipinski definition) is 1. The first-order valence-electron chi connectivity index (χ1n) is 7.24. The number of hydrogen-bond acceptors (Lipinski definition) is 3. The molecule has 1 fully saturated rings. The van der Waals surface area contributed by atoms with Crippen LogP contribution in [0.25, 0.3) is 10.9 Å². The van der Waals surface area contributed by atoms with Crippen LogP contribution in [0.2, 0.25) is 5.02 Å². The summed E-state index contributed by atoms with van der Waals surface area (Å²) in [5.41, 5.74) is 9.09. The Bertz CT molecular complexity index is 633. The third kappa shape index (κ3) is 2.36. The van der Waals surface area contributed by atoms with E-state index in [9.17, 15) is 0 Å². The van der Waals surface area contributed by atoms with Crippen LogP contribution in [-0.2, 0) is 6.42 Å². The zero-order valence-corrected chi connectivity index (χ0v) is 12.6. The van der Waals surface area contributed by atoms with Crippen LogP contribution in [-0.4, -0.2) is 24.6 Å². The lowest BCUT2D eigenvalue weighted by atomic mass is 10.1. The SMILES string of the molecule is Cc1c(Cl)ccc2cc(CCN)c(N3CCCC3)nc12. The Hall–Kier alpha value is -1.32. The van der Waals surface area contributed by atoms with E-state index in [0.717, 1.165) is 46.8 Å². The molecule has 106 valence electrons. The summed E-state index contributed by atoms with van der Waals surface area (Å²) in [6.07, 6.45) is 3.36. The van der Waals surface area contributed by atoms with Gasteiger partial charge in [0.1, 0.15) is 5.82 Å². The lowest BCUT2D eigenvalue weighted by Crippen LogP contribution is -2.21. The number of nitrogens with zero attached hydrogens (tertiary/aromatic N) is 2. The molecule has 3 nitrogen and oxygen atoms in total. The van der Waals surface area contributed by atoms with Gasteiger partial charge in [0, 0.05) is 23.5 Å². The largest absolute Gasteiger partial charge is 0.356 e. The fourth-order valence-electron chi connectivity index (χ4n) is 2.93. The molecule has 1 saturated heterocycles. The van der Waals surface area contributed by atoms with Crippen LogP contribution in [0.1, 0.15) is 24.0 Å². The van der Waals surface area contributed by atoms with Gasteiger partial charge in [-0.3, -0.25) is 0 Å². The molecule has 1 aromatic heterocycles. The highest BCUT2D eigenvalue weighted by Crippen LogP contribution is 2.30. The highest BCUT2D eigenvalue weighted by Gasteiger charge is 2.18. The van der Waals surface area contributed by atoms with E-state index >= 15 is 0 Å². The molecule has 0 spiro atoms. The number of pyridine rings is 1. The molecule has 4 heteroatoms. The Morgan fingerprint density at radius 2 is 2.05 bits per heavy atom. The van der Waals surface area contributed by atoms with E-state index in [4.69, 9.17) is 22.3 Å². The molecule has 1 aliphatic heterocycles. The molecule has 2 heterocycles. The number of fused-ring (bicyclic) bond motifs is 1. The van der Waals surface area contributed by atoms with Crippen molar-refractivity contribution in [2.75, 3.05) is 24.5 Å². The Balaban J connectivity index is 2.18. The van der Waals surface area contributed by atoms with E-state index in [0.29, 0.717) is 6.54 Å². The van der Waals surface area contributed by atoms with Crippen LogP contribution in [0.15, 0.2) is 18.2 Å². The normalized spacial score (nSPS) is 15.2. The van der Waals surface area contributed by atoms with Gasteiger partial charge in [0.2, 0.25) is 0 Å². The van der Waals surface area contributed by atoms with Gasteiger partial charge in [-0.2, -0.15) is 0 Å². The number of benzene rings is 1. The molecule has 2 N–H and O–H groups in total. The predicted octanol–water partition coefficient (Wildman–Crippen LogP) is 3.30. The Morgan fingerprint density at radius 3 is 2.75 bits per heavy atom. The average molecular weight is 290 g/mol. The lowest BCUT2D eigenvalue weighted by Gasteiger charge is -2.21. The standard InChI is InChI=1S/C16H20ClN3/c1-11-14(17)5-4-12-10-13(6-7-18)16(19-15(11)12)20-8-2-3-9-20/h4-5,10H,2-3,6-9,18H2,1H3. The minimum absolute atomic E-state index is 0.653. The molecule has 20 heavy (non-hydrogen) atoms. The Morgan fingerprint density at radius 1 is 1.30 bits per heavy atom. The predicted molar refractivity (Wildman–Crippen MR) is 85.7 cm³/mol. The van der Waals surface area contributed by atoms with Gasteiger partial charge < -0.3 is 10.6 Å². The van der Waals surface area contributed by atoms with Gasteiger partial charge in [0.25, 0.3) is 0 Å². The maximum atomic E-state index is 6.23. The van der Waals surface area contributed by atoms with Crippen LogP contribution in [0.5, 0.6) is 0 Å². The van der Waals surface area contributed by atoms with Gasteiger partial charge in [-0.05, 0) is 56.0 Å². The molecule has 1 aromatic carbocycles. The van der Waals surface area contributed by atoms with E-state index in [1.807, 2.05) is 19.1 Å². The maximum Gasteiger partial charge on any atom is 0.132 e. The Kier molecular flexibility index (Phi) is 3.81. The smallest absolute Gasteiger partial charge is 0.132 e. The van der Waals surface area contributed by atoms with Gasteiger partial charge in [-0.1, -0.05) is 17.7 Å². The number of rotatable bonds is 3. The van der Waals surface area contributed by atoms with E-state index < -0.39 is 0 Å². The molecule has 0 atom stereocenters. The van der Waals surface area contributed by atoms with Crippen LogP contribution in [0, 0.1) is 6.92 Å². The first-order valence-corrected chi connectivity index (χ1v) is 7.62. The van der Waals surface area contributed by atoms with E-state index in [2.05, 4.69) is 11.0 Å². The van der Waals surface area contributed by atoms with Crippen molar-refractivity contribution in [3.8, 4) is 0 Å². The molecule has 0 bridgehead atoms. The quantitative estimate of drug-likeness (QED) is 0.943. The third-order valence-corrected chi connectivity index (χ3v) is 4.46. The third-order valence-electron chi connectivity index (χ3n) is 4.05. The number of aromatic nitrogens is 1. The van der Waals surface area contributed by atoms with Crippen LogP contribution in [0.4, 0.5) is 5.82 Å². The van der Waals surface area contributed by atoms with Gasteiger partial charge in [0.15, 0.2) is 0 Å². The zero-order valence-electron chi connectivity index (χ0n) is 11.8. The van der Waals surface area contributed by atoms with Crippen molar-refractivity contribution in [3.63, 3.8) is 0 Å². The topological polar surface area (TPSA) is 42.1 Å². The van der Waals surface area contributed by atoms with Crippen molar-refractivity contribution in [2.45, 2.75) is 26.2 Å². The summed E-state index contributed by atoms with van der Waals surface area (Å²) in [6.45, 7) is 4.88. The maximum absolute atomic E-state index is 6.23. The summed E-state index contributed by atoms with van der Waals surface area (Å²) in [4.78, 5) is 7.30. The van der Waals surface area contributed by atoms with E-state index in [-0.39, 0.29) is 0 Å². The summed E-state index contributed by atoms with van der Waals surface area (Å²) >= 11 is 6.23. The second-order valence-electron chi connectivity index (χ2n) is 5.45. The summed E-state index contributed by atoms with van der Waals surface area (Å²) < 4.78 is 0. The van der Waals surface area contributed by atoms with Crippen LogP contribution in [0.3, 0.4) is 0 Å². The first-order chi connectivity index (χ1) is 9.70. The summed E-state index contributed by atoms with van der Waals surface area (Å²) in [5.74, 6) is 1.10. The van der Waals surface area contributed by atoms with Gasteiger partial charge in [-0.15, -0.1) is 0 Å². The summed E-state index contributed by atoms with van der Waals surface area (Å²) in [5, 5.41) is 1.93. The molecule has 2 aromatic rings. The van der Waals surface area contributed by atoms with Gasteiger partial charge >= 0.3 is 0 Å². The highest BCUT2D eigenvalue weighted by atomic mass is 35.5. The monoisotopic (exact) mass is 289 g/mol. The molecule has 0 radical (unpaired) electrons. The molecule has 0 saturated carbocycles. The van der Waals surface area contributed by atoms with Crippen molar-refractivity contribution >= 4 is 28.3 Å². The summed E-state index contributed by atoms with van der Waals surface area (Å²) in [6, 6.07) is 6.22. The van der Waals surface area contributed by atoms with Gasteiger partial charge in [-0.25, -0.2) is 4.98 Å². The van der Waals surface area contributed by atoms with Crippen molar-refractivity contribution in [1.82, 2.24) is 4.98 Å². The first kappa shape index (κ1) is 13.7. The number of nitrogens with two attached hydrogens (primary N) is 1. The van der Waals surface area contributed by atoms with E-state index in [1.54, 1.807) is 0 Å². The number of halogens is 1. The molecule has 3 rings (SSSR count). The van der Waals surface area contributed by atoms with Crippen molar-refractivity contribution in [2.24, 2.45) is 5.73 Å². The fourth-order valence-corrected chi connectivity index (χ4v) is 3.09. The summed E-state index contributed by atoms with van der Waals surface area (Å²) in [7, 11) is 0. The zero-order chi connectivity index (χ0) is 14.1. The molecule has 0 unspecified atom stereocenters. The number of anilines is 1. The van der Waals surface area contributed by atoms with Crippen LogP contribution < -0.4 is 10.6 Å². The average Bonchev–Trinajstić information content (AvgIpc) is 2.97. The van der Waals surface area contributed by atoms with Crippen molar-refractivity contribution < 1.29 is 0 Å². The molecule has 0 aliphatic carbocycles. The van der Waals surface area contributed by atoms with Crippen molar-refractivity contribution in [1.29, 1.82) is 0 Å². The second kappa shape index (κ2) is 5.58.